The fourth-order valence-corrected chi connectivity index (χ4v) is 2.72. The summed E-state index contributed by atoms with van der Waals surface area (Å²) in [4.78, 5) is 27.3. The van der Waals surface area contributed by atoms with E-state index in [2.05, 4.69) is 0 Å². The molecule has 0 aliphatic carbocycles. The van der Waals surface area contributed by atoms with Gasteiger partial charge in [-0.05, 0) is 46.2 Å². The van der Waals surface area contributed by atoms with Gasteiger partial charge >= 0.3 is 5.97 Å². The maximum Gasteiger partial charge on any atom is 0.331 e. The fourth-order valence-electron chi connectivity index (χ4n) is 2.09. The first-order valence-corrected chi connectivity index (χ1v) is 8.77. The summed E-state index contributed by atoms with van der Waals surface area (Å²) in [7, 11) is 5.65. The summed E-state index contributed by atoms with van der Waals surface area (Å²) in [6.07, 6.45) is 2.99. The van der Waals surface area contributed by atoms with Crippen molar-refractivity contribution in [3.05, 3.63) is 58.3 Å². The lowest BCUT2D eigenvalue weighted by Crippen LogP contribution is -2.30. The van der Waals surface area contributed by atoms with Crippen LogP contribution in [0.25, 0.3) is 6.08 Å². The van der Waals surface area contributed by atoms with Crippen LogP contribution in [0.2, 0.25) is 0 Å². The molecule has 0 aliphatic rings. The van der Waals surface area contributed by atoms with Crippen molar-refractivity contribution in [3.63, 3.8) is 0 Å². The number of amides is 1. The summed E-state index contributed by atoms with van der Waals surface area (Å²) < 4.78 is 4.99. The lowest BCUT2D eigenvalue weighted by Gasteiger charge is -2.18. The number of esters is 1. The first-order chi connectivity index (χ1) is 12.0. The van der Waals surface area contributed by atoms with Crippen LogP contribution < -0.4 is 4.90 Å². The van der Waals surface area contributed by atoms with Crippen molar-refractivity contribution < 1.29 is 14.3 Å². The average Bonchev–Trinajstić information content (AvgIpc) is 3.11. The molecule has 0 bridgehead atoms. The number of nitrogens with zero attached hydrogens (tertiary/aromatic N) is 2. The molecule has 25 heavy (non-hydrogen) atoms. The molecule has 0 saturated carbocycles. The molecule has 2 rings (SSSR count). The molecule has 0 saturated heterocycles. The molecule has 1 heterocycles. The van der Waals surface area contributed by atoms with Crippen LogP contribution in [0.15, 0.2) is 47.2 Å². The van der Waals surface area contributed by atoms with Gasteiger partial charge in [0, 0.05) is 39.5 Å². The average molecular weight is 358 g/mol. The van der Waals surface area contributed by atoms with E-state index in [0.717, 1.165) is 16.8 Å². The van der Waals surface area contributed by atoms with Gasteiger partial charge in [-0.1, -0.05) is 12.1 Å². The maximum atomic E-state index is 12.1. The Morgan fingerprint density at radius 2 is 1.84 bits per heavy atom. The molecule has 132 valence electrons. The number of thiophene rings is 1. The maximum absolute atomic E-state index is 12.1. The smallest absolute Gasteiger partial charge is 0.331 e. The highest BCUT2D eigenvalue weighted by atomic mass is 32.1. The molecule has 0 fully saturated rings. The fraction of sp³-hybridized carbons (Fsp3) is 0.263. The van der Waals surface area contributed by atoms with Crippen LogP contribution in [0.3, 0.4) is 0 Å². The van der Waals surface area contributed by atoms with E-state index in [9.17, 15) is 9.59 Å². The van der Waals surface area contributed by atoms with Crippen molar-refractivity contribution in [2.45, 2.75) is 6.54 Å². The van der Waals surface area contributed by atoms with Crippen molar-refractivity contribution in [3.8, 4) is 0 Å². The molecule has 1 aromatic heterocycles. The van der Waals surface area contributed by atoms with Crippen molar-refractivity contribution >= 4 is 35.0 Å². The zero-order valence-corrected chi connectivity index (χ0v) is 15.5. The second-order valence-electron chi connectivity index (χ2n) is 5.81. The highest BCUT2D eigenvalue weighted by Gasteiger charge is 2.11. The van der Waals surface area contributed by atoms with Gasteiger partial charge in [0.15, 0.2) is 6.61 Å². The molecule has 0 radical (unpaired) electrons. The SMILES string of the molecule is CN(Cc1ccc(N(C)C)cc1)C(=O)COC(=O)/C=C/c1ccsc1. The molecule has 0 spiro atoms. The summed E-state index contributed by atoms with van der Waals surface area (Å²) in [6, 6.07) is 9.87. The molecule has 0 N–H and O–H groups in total. The van der Waals surface area contributed by atoms with Gasteiger partial charge in [-0.2, -0.15) is 11.3 Å². The van der Waals surface area contributed by atoms with Crippen molar-refractivity contribution in [1.82, 2.24) is 4.90 Å². The minimum absolute atomic E-state index is 0.242. The number of anilines is 1. The molecular weight excluding hydrogens is 336 g/mol. The van der Waals surface area contributed by atoms with E-state index in [4.69, 9.17) is 4.74 Å². The molecule has 5 nitrogen and oxygen atoms in total. The second-order valence-corrected chi connectivity index (χ2v) is 6.59. The number of ether oxygens (including phenoxy) is 1. The Labute approximate surface area is 152 Å². The summed E-state index contributed by atoms with van der Waals surface area (Å²) in [5, 5.41) is 3.85. The van der Waals surface area contributed by atoms with E-state index in [-0.39, 0.29) is 12.5 Å². The predicted molar refractivity (Wildman–Crippen MR) is 102 cm³/mol. The largest absolute Gasteiger partial charge is 0.452 e. The van der Waals surface area contributed by atoms with E-state index in [1.54, 1.807) is 29.4 Å². The third-order valence-corrected chi connectivity index (χ3v) is 4.29. The Morgan fingerprint density at radius 1 is 1.12 bits per heavy atom. The van der Waals surface area contributed by atoms with Crippen molar-refractivity contribution in [2.75, 3.05) is 32.6 Å². The van der Waals surface area contributed by atoms with Gasteiger partial charge in [-0.15, -0.1) is 0 Å². The molecule has 1 amide bonds. The summed E-state index contributed by atoms with van der Waals surface area (Å²) in [5.41, 5.74) is 3.06. The van der Waals surface area contributed by atoms with Crippen LogP contribution in [0, 0.1) is 0 Å². The minimum atomic E-state index is -0.525. The van der Waals surface area contributed by atoms with Crippen LogP contribution >= 0.6 is 11.3 Å². The second kappa shape index (κ2) is 9.03. The van der Waals surface area contributed by atoms with E-state index in [1.807, 2.05) is 60.1 Å². The summed E-state index contributed by atoms with van der Waals surface area (Å²) >= 11 is 1.55. The highest BCUT2D eigenvalue weighted by molar-refractivity contribution is 7.08. The Morgan fingerprint density at radius 3 is 2.44 bits per heavy atom. The van der Waals surface area contributed by atoms with Gasteiger partial charge in [-0.3, -0.25) is 4.79 Å². The number of hydrogen-bond donors (Lipinski definition) is 0. The Bertz CT molecular complexity index is 722. The zero-order valence-electron chi connectivity index (χ0n) is 14.6. The van der Waals surface area contributed by atoms with Crippen LogP contribution in [0.4, 0.5) is 5.69 Å². The number of benzene rings is 1. The first kappa shape index (κ1) is 18.7. The normalized spacial score (nSPS) is 10.7. The van der Waals surface area contributed by atoms with Gasteiger partial charge in [0.2, 0.25) is 0 Å². The highest BCUT2D eigenvalue weighted by Crippen LogP contribution is 2.13. The van der Waals surface area contributed by atoms with Crippen LogP contribution in [-0.2, 0) is 20.9 Å². The monoisotopic (exact) mass is 358 g/mol. The molecule has 0 aliphatic heterocycles. The van der Waals surface area contributed by atoms with Crippen LogP contribution in [-0.4, -0.2) is 44.5 Å². The number of carbonyl (C=O) groups excluding carboxylic acids is 2. The van der Waals surface area contributed by atoms with Gasteiger partial charge in [0.25, 0.3) is 5.91 Å². The third-order valence-electron chi connectivity index (χ3n) is 3.59. The van der Waals surface area contributed by atoms with Crippen LogP contribution in [0.1, 0.15) is 11.1 Å². The molecular formula is C19H22N2O3S. The number of rotatable bonds is 7. The van der Waals surface area contributed by atoms with Gasteiger partial charge in [-0.25, -0.2) is 4.79 Å². The molecule has 1 aromatic carbocycles. The number of likely N-dealkylation sites (N-methyl/N-ethyl adjacent to an activating group) is 1. The molecule has 6 heteroatoms. The van der Waals surface area contributed by atoms with Crippen LogP contribution in [0.5, 0.6) is 0 Å². The Hall–Kier alpha value is -2.60. The molecule has 0 atom stereocenters. The molecule has 0 unspecified atom stereocenters. The quantitative estimate of drug-likeness (QED) is 0.564. The van der Waals surface area contributed by atoms with Gasteiger partial charge < -0.3 is 14.5 Å². The van der Waals surface area contributed by atoms with E-state index < -0.39 is 5.97 Å². The Kier molecular flexibility index (Phi) is 6.77. The van der Waals surface area contributed by atoms with Gasteiger partial charge in [0.05, 0.1) is 0 Å². The summed E-state index contributed by atoms with van der Waals surface area (Å²) in [5.74, 6) is -0.766. The summed E-state index contributed by atoms with van der Waals surface area (Å²) in [6.45, 7) is 0.202. The van der Waals surface area contributed by atoms with E-state index in [1.165, 1.54) is 6.08 Å². The van der Waals surface area contributed by atoms with Crippen molar-refractivity contribution in [1.29, 1.82) is 0 Å². The first-order valence-electron chi connectivity index (χ1n) is 7.83. The standard InChI is InChI=1S/C19H22N2O3S/c1-20(2)17-7-4-15(5-8-17)12-21(3)18(22)13-24-19(23)9-6-16-10-11-25-14-16/h4-11,14H,12-13H2,1-3H3/b9-6+. The van der Waals surface area contributed by atoms with Gasteiger partial charge in [0.1, 0.15) is 0 Å². The lowest BCUT2D eigenvalue weighted by atomic mass is 10.2. The zero-order chi connectivity index (χ0) is 18.2. The number of hydrogen-bond acceptors (Lipinski definition) is 5. The Balaban J connectivity index is 1.78. The van der Waals surface area contributed by atoms with E-state index >= 15 is 0 Å². The topological polar surface area (TPSA) is 49.9 Å². The van der Waals surface area contributed by atoms with E-state index in [0.29, 0.717) is 6.54 Å². The minimum Gasteiger partial charge on any atom is -0.452 e. The lowest BCUT2D eigenvalue weighted by molar-refractivity contribution is -0.147. The molecule has 2 aromatic rings. The van der Waals surface area contributed by atoms with Crippen molar-refractivity contribution in [2.24, 2.45) is 0 Å². The number of carbonyl (C=O) groups is 2. The third kappa shape index (κ3) is 6.08. The predicted octanol–water partition coefficient (Wildman–Crippen LogP) is 3.03.